The summed E-state index contributed by atoms with van der Waals surface area (Å²) in [6.45, 7) is 1.85. The number of nitro benzene ring substituents is 1. The molecule has 0 aliphatic heterocycles. The van der Waals surface area contributed by atoms with Gasteiger partial charge in [-0.2, -0.15) is 0 Å². The number of nitro groups is 1. The van der Waals surface area contributed by atoms with E-state index in [0.29, 0.717) is 5.02 Å². The summed E-state index contributed by atoms with van der Waals surface area (Å²) in [5.41, 5.74) is 1.16. The SMILES string of the molecule is CC(NC(=O)C1(c2ccc(Cl)cc2)CCCC1)c1cccc([N+](=O)[O-])c1. The number of amides is 1. The van der Waals surface area contributed by atoms with Crippen molar-refractivity contribution in [3.8, 4) is 0 Å². The summed E-state index contributed by atoms with van der Waals surface area (Å²) in [5, 5.41) is 14.7. The molecule has 2 aromatic carbocycles. The maximum absolute atomic E-state index is 13.2. The highest BCUT2D eigenvalue weighted by Crippen LogP contribution is 2.42. The number of rotatable bonds is 5. The Morgan fingerprint density at radius 3 is 2.46 bits per heavy atom. The van der Waals surface area contributed by atoms with Gasteiger partial charge in [0, 0.05) is 17.2 Å². The van der Waals surface area contributed by atoms with Crippen molar-refractivity contribution in [1.82, 2.24) is 5.32 Å². The third kappa shape index (κ3) is 3.58. The van der Waals surface area contributed by atoms with Crippen molar-refractivity contribution >= 4 is 23.2 Å². The van der Waals surface area contributed by atoms with Gasteiger partial charge >= 0.3 is 0 Å². The largest absolute Gasteiger partial charge is 0.349 e. The fraction of sp³-hybridized carbons (Fsp3) is 0.350. The van der Waals surface area contributed by atoms with Crippen LogP contribution in [0.25, 0.3) is 0 Å². The van der Waals surface area contributed by atoms with Crippen LogP contribution in [0.4, 0.5) is 5.69 Å². The van der Waals surface area contributed by atoms with Gasteiger partial charge in [-0.25, -0.2) is 0 Å². The van der Waals surface area contributed by atoms with Crippen LogP contribution >= 0.6 is 11.6 Å². The third-order valence-electron chi connectivity index (χ3n) is 5.22. The Balaban J connectivity index is 1.83. The normalized spacial score (nSPS) is 16.8. The number of carbonyl (C=O) groups excluding carboxylic acids is 1. The molecule has 1 saturated carbocycles. The van der Waals surface area contributed by atoms with Crippen LogP contribution in [0.3, 0.4) is 0 Å². The van der Waals surface area contributed by atoms with E-state index in [-0.39, 0.29) is 17.6 Å². The molecule has 0 saturated heterocycles. The molecule has 1 fully saturated rings. The summed E-state index contributed by atoms with van der Waals surface area (Å²) in [6.07, 6.45) is 3.59. The van der Waals surface area contributed by atoms with Gasteiger partial charge in [-0.05, 0) is 43.0 Å². The number of halogens is 1. The smallest absolute Gasteiger partial charge is 0.269 e. The van der Waals surface area contributed by atoms with Gasteiger partial charge in [-0.15, -0.1) is 0 Å². The Morgan fingerprint density at radius 2 is 1.85 bits per heavy atom. The van der Waals surface area contributed by atoms with Gasteiger partial charge in [0.05, 0.1) is 16.4 Å². The zero-order chi connectivity index (χ0) is 18.7. The molecular weight excluding hydrogens is 352 g/mol. The lowest BCUT2D eigenvalue weighted by molar-refractivity contribution is -0.384. The van der Waals surface area contributed by atoms with Crippen molar-refractivity contribution in [1.29, 1.82) is 0 Å². The Morgan fingerprint density at radius 1 is 1.19 bits per heavy atom. The van der Waals surface area contributed by atoms with Gasteiger partial charge in [0.1, 0.15) is 0 Å². The molecule has 1 N–H and O–H groups in total. The second kappa shape index (κ2) is 7.46. The monoisotopic (exact) mass is 372 g/mol. The van der Waals surface area contributed by atoms with E-state index in [1.54, 1.807) is 12.1 Å². The average molecular weight is 373 g/mol. The summed E-state index contributed by atoms with van der Waals surface area (Å²) in [5.74, 6) is -0.0312. The lowest BCUT2D eigenvalue weighted by Crippen LogP contribution is -2.43. The van der Waals surface area contributed by atoms with Crippen LogP contribution in [0.2, 0.25) is 5.02 Å². The van der Waals surface area contributed by atoms with Crippen molar-refractivity contribution in [2.45, 2.75) is 44.1 Å². The lowest BCUT2D eigenvalue weighted by Gasteiger charge is -2.30. The average Bonchev–Trinajstić information content (AvgIpc) is 3.13. The van der Waals surface area contributed by atoms with E-state index in [0.717, 1.165) is 36.8 Å². The van der Waals surface area contributed by atoms with Crippen molar-refractivity contribution in [3.63, 3.8) is 0 Å². The molecule has 0 aromatic heterocycles. The van der Waals surface area contributed by atoms with Crippen molar-refractivity contribution in [2.24, 2.45) is 0 Å². The number of benzene rings is 2. The highest BCUT2D eigenvalue weighted by molar-refractivity contribution is 6.30. The van der Waals surface area contributed by atoms with E-state index in [1.807, 2.05) is 31.2 Å². The van der Waals surface area contributed by atoms with Crippen molar-refractivity contribution in [3.05, 3.63) is 74.8 Å². The number of carbonyl (C=O) groups is 1. The Kier molecular flexibility index (Phi) is 5.28. The van der Waals surface area contributed by atoms with Crippen LogP contribution in [-0.2, 0) is 10.2 Å². The van der Waals surface area contributed by atoms with Crippen LogP contribution in [0.15, 0.2) is 48.5 Å². The van der Waals surface area contributed by atoms with E-state index in [2.05, 4.69) is 5.32 Å². The van der Waals surface area contributed by atoms with Gasteiger partial charge < -0.3 is 5.32 Å². The molecule has 2 aromatic rings. The minimum absolute atomic E-state index is 0.0249. The van der Waals surface area contributed by atoms with Gasteiger partial charge in [0.2, 0.25) is 5.91 Å². The van der Waals surface area contributed by atoms with E-state index in [1.165, 1.54) is 12.1 Å². The molecule has 6 heteroatoms. The molecule has 1 aliphatic rings. The Hall–Kier alpha value is -2.40. The molecule has 136 valence electrons. The first kappa shape index (κ1) is 18.4. The molecule has 1 aliphatic carbocycles. The molecule has 1 unspecified atom stereocenters. The molecule has 1 amide bonds. The summed E-state index contributed by atoms with van der Waals surface area (Å²) in [4.78, 5) is 23.7. The van der Waals surface area contributed by atoms with Gasteiger partial charge in [-0.3, -0.25) is 14.9 Å². The quantitative estimate of drug-likeness (QED) is 0.597. The molecule has 5 nitrogen and oxygen atoms in total. The van der Waals surface area contributed by atoms with E-state index in [9.17, 15) is 14.9 Å². The predicted molar refractivity (Wildman–Crippen MR) is 101 cm³/mol. The molecule has 0 radical (unpaired) electrons. The molecule has 0 heterocycles. The van der Waals surface area contributed by atoms with Crippen molar-refractivity contribution in [2.75, 3.05) is 0 Å². The Bertz CT molecular complexity index is 814. The number of nitrogens with zero attached hydrogens (tertiary/aromatic N) is 1. The van der Waals surface area contributed by atoms with Crippen LogP contribution in [0, 0.1) is 10.1 Å². The lowest BCUT2D eigenvalue weighted by atomic mass is 9.77. The fourth-order valence-corrected chi connectivity index (χ4v) is 3.85. The number of hydrogen-bond acceptors (Lipinski definition) is 3. The highest BCUT2D eigenvalue weighted by atomic mass is 35.5. The topological polar surface area (TPSA) is 72.2 Å². The van der Waals surface area contributed by atoms with Gasteiger partial charge in [0.25, 0.3) is 5.69 Å². The van der Waals surface area contributed by atoms with E-state index >= 15 is 0 Å². The summed E-state index contributed by atoms with van der Waals surface area (Å²) < 4.78 is 0. The summed E-state index contributed by atoms with van der Waals surface area (Å²) >= 11 is 5.99. The van der Waals surface area contributed by atoms with Crippen molar-refractivity contribution < 1.29 is 9.72 Å². The molecule has 1 atom stereocenters. The van der Waals surface area contributed by atoms with Crippen LogP contribution in [0.5, 0.6) is 0 Å². The van der Waals surface area contributed by atoms with Gasteiger partial charge in [0.15, 0.2) is 0 Å². The zero-order valence-corrected chi connectivity index (χ0v) is 15.3. The number of non-ortho nitro benzene ring substituents is 1. The summed E-state index contributed by atoms with van der Waals surface area (Å²) in [6, 6.07) is 13.5. The first-order valence-electron chi connectivity index (χ1n) is 8.74. The summed E-state index contributed by atoms with van der Waals surface area (Å²) in [7, 11) is 0. The van der Waals surface area contributed by atoms with E-state index < -0.39 is 10.3 Å². The maximum Gasteiger partial charge on any atom is 0.269 e. The molecule has 0 spiro atoms. The van der Waals surface area contributed by atoms with Gasteiger partial charge in [-0.1, -0.05) is 48.7 Å². The minimum Gasteiger partial charge on any atom is -0.349 e. The molecule has 26 heavy (non-hydrogen) atoms. The number of nitrogens with one attached hydrogen (secondary N) is 1. The first-order chi connectivity index (χ1) is 12.4. The fourth-order valence-electron chi connectivity index (χ4n) is 3.72. The molecule has 3 rings (SSSR count). The number of hydrogen-bond donors (Lipinski definition) is 1. The second-order valence-corrected chi connectivity index (χ2v) is 7.28. The molecular formula is C20H21ClN2O3. The minimum atomic E-state index is -0.556. The van der Waals surface area contributed by atoms with Crippen LogP contribution < -0.4 is 5.32 Å². The highest BCUT2D eigenvalue weighted by Gasteiger charge is 2.43. The van der Waals surface area contributed by atoms with Crippen LogP contribution in [0.1, 0.15) is 49.8 Å². The zero-order valence-electron chi connectivity index (χ0n) is 14.6. The first-order valence-corrected chi connectivity index (χ1v) is 9.11. The standard InChI is InChI=1S/C20H21ClN2O3/c1-14(15-5-4-6-18(13-15)23(25)26)22-19(24)20(11-2-3-12-20)16-7-9-17(21)10-8-16/h4-10,13-14H,2-3,11-12H2,1H3,(H,22,24). The predicted octanol–water partition coefficient (Wildman–Crippen LogP) is 4.94. The molecule has 0 bridgehead atoms. The van der Waals surface area contributed by atoms with Crippen LogP contribution in [-0.4, -0.2) is 10.8 Å². The van der Waals surface area contributed by atoms with E-state index in [4.69, 9.17) is 11.6 Å². The Labute approximate surface area is 157 Å². The maximum atomic E-state index is 13.2. The second-order valence-electron chi connectivity index (χ2n) is 6.84. The third-order valence-corrected chi connectivity index (χ3v) is 5.47.